The summed E-state index contributed by atoms with van der Waals surface area (Å²) >= 11 is 1.42. The van der Waals surface area contributed by atoms with Crippen molar-refractivity contribution >= 4 is 28.3 Å². The number of carbonyl (C=O) groups is 1. The molecule has 2 fully saturated rings. The summed E-state index contributed by atoms with van der Waals surface area (Å²) in [7, 11) is 1.97. The van der Waals surface area contributed by atoms with Crippen molar-refractivity contribution in [3.05, 3.63) is 5.56 Å². The Morgan fingerprint density at radius 3 is 2.79 bits per heavy atom. The Bertz CT molecular complexity index is 477. The first-order valence-corrected chi connectivity index (χ1v) is 7.68. The van der Waals surface area contributed by atoms with Gasteiger partial charge in [0.05, 0.1) is 6.54 Å². The second kappa shape index (κ2) is 5.00. The van der Waals surface area contributed by atoms with Gasteiger partial charge in [0.15, 0.2) is 0 Å². The highest BCUT2D eigenvalue weighted by molar-refractivity contribution is 7.10. The number of nitrogens with zero attached hydrogens (tertiary/aromatic N) is 3. The van der Waals surface area contributed by atoms with E-state index in [0.29, 0.717) is 18.3 Å². The van der Waals surface area contributed by atoms with Gasteiger partial charge in [-0.25, -0.2) is 0 Å². The van der Waals surface area contributed by atoms with Gasteiger partial charge in [-0.15, -0.1) is 0 Å². The molecular formula is C13H20N4OS. The number of likely N-dealkylation sites (N-methyl/N-ethyl adjacent to an activating group) is 1. The van der Waals surface area contributed by atoms with Gasteiger partial charge in [0.2, 0.25) is 5.91 Å². The molecule has 6 heteroatoms. The first kappa shape index (κ1) is 12.7. The van der Waals surface area contributed by atoms with Crippen molar-refractivity contribution in [2.45, 2.75) is 31.6 Å². The maximum atomic E-state index is 12.2. The number of carbonyl (C=O) groups excluding carboxylic acids is 1. The van der Waals surface area contributed by atoms with Gasteiger partial charge in [0.1, 0.15) is 10.8 Å². The number of anilines is 2. The summed E-state index contributed by atoms with van der Waals surface area (Å²) < 4.78 is 4.26. The van der Waals surface area contributed by atoms with Crippen molar-refractivity contribution in [2.75, 3.05) is 37.3 Å². The predicted octanol–water partition coefficient (Wildman–Crippen LogP) is 1.66. The Morgan fingerprint density at radius 1 is 1.47 bits per heavy atom. The van der Waals surface area contributed by atoms with Crippen LogP contribution in [0.15, 0.2) is 0 Å². The average Bonchev–Trinajstić information content (AvgIpc) is 2.92. The minimum Gasteiger partial charge on any atom is -0.383 e. The topological polar surface area (TPSA) is 62.5 Å². The van der Waals surface area contributed by atoms with E-state index < -0.39 is 0 Å². The van der Waals surface area contributed by atoms with Crippen LogP contribution < -0.4 is 10.6 Å². The summed E-state index contributed by atoms with van der Waals surface area (Å²) in [4.78, 5) is 16.1. The Morgan fingerprint density at radius 2 is 2.16 bits per heavy atom. The number of hydrogen-bond donors (Lipinski definition) is 1. The highest BCUT2D eigenvalue weighted by Gasteiger charge is 2.32. The number of aromatic nitrogens is 1. The first-order chi connectivity index (χ1) is 9.16. The summed E-state index contributed by atoms with van der Waals surface area (Å²) in [6.07, 6.45) is 4.67. The van der Waals surface area contributed by atoms with Crippen LogP contribution in [0.1, 0.15) is 37.2 Å². The number of likely N-dealkylation sites (tertiary alicyclic amines) is 1. The minimum atomic E-state index is 0.216. The van der Waals surface area contributed by atoms with E-state index >= 15 is 0 Å². The molecule has 1 saturated carbocycles. The molecular weight excluding hydrogens is 260 g/mol. The maximum Gasteiger partial charge on any atom is 0.242 e. The van der Waals surface area contributed by atoms with E-state index in [2.05, 4.69) is 4.37 Å². The molecule has 104 valence electrons. The molecule has 0 atom stereocenters. The van der Waals surface area contributed by atoms with E-state index in [1.165, 1.54) is 29.9 Å². The Kier molecular flexibility index (Phi) is 3.35. The van der Waals surface area contributed by atoms with E-state index in [1.807, 2.05) is 16.8 Å². The normalized spacial score (nSPS) is 18.9. The monoisotopic (exact) mass is 280 g/mol. The second-order valence-corrected chi connectivity index (χ2v) is 6.26. The third-order valence-electron chi connectivity index (χ3n) is 3.90. The third kappa shape index (κ3) is 2.54. The van der Waals surface area contributed by atoms with Crippen molar-refractivity contribution < 1.29 is 4.79 Å². The van der Waals surface area contributed by atoms with Gasteiger partial charge in [-0.3, -0.25) is 4.79 Å². The maximum absolute atomic E-state index is 12.2. The van der Waals surface area contributed by atoms with E-state index in [9.17, 15) is 4.79 Å². The largest absolute Gasteiger partial charge is 0.383 e. The summed E-state index contributed by atoms with van der Waals surface area (Å²) in [5.74, 6) is 1.44. The molecule has 0 radical (unpaired) electrons. The lowest BCUT2D eigenvalue weighted by atomic mass is 10.2. The summed E-state index contributed by atoms with van der Waals surface area (Å²) in [6, 6.07) is 0. The molecule has 1 aliphatic heterocycles. The van der Waals surface area contributed by atoms with Crippen molar-refractivity contribution in [3.8, 4) is 0 Å². The molecule has 19 heavy (non-hydrogen) atoms. The summed E-state index contributed by atoms with van der Waals surface area (Å²) in [5.41, 5.74) is 7.12. The zero-order valence-corrected chi connectivity index (χ0v) is 12.1. The summed E-state index contributed by atoms with van der Waals surface area (Å²) in [5, 5.41) is 1.08. The predicted molar refractivity (Wildman–Crippen MR) is 77.6 cm³/mol. The van der Waals surface area contributed by atoms with Crippen LogP contribution >= 0.6 is 11.5 Å². The van der Waals surface area contributed by atoms with E-state index in [-0.39, 0.29) is 5.91 Å². The van der Waals surface area contributed by atoms with Crippen LogP contribution in [0, 0.1) is 0 Å². The lowest BCUT2D eigenvalue weighted by Crippen LogP contribution is -2.37. The molecule has 2 aliphatic rings. The molecule has 5 nitrogen and oxygen atoms in total. The smallest absolute Gasteiger partial charge is 0.242 e. The van der Waals surface area contributed by atoms with Gasteiger partial charge < -0.3 is 15.5 Å². The molecule has 1 aliphatic carbocycles. The van der Waals surface area contributed by atoms with E-state index in [1.54, 1.807) is 0 Å². The molecule has 3 rings (SSSR count). The quantitative estimate of drug-likeness (QED) is 0.911. The van der Waals surface area contributed by atoms with E-state index in [4.69, 9.17) is 5.73 Å². The fourth-order valence-corrected chi connectivity index (χ4v) is 3.53. The van der Waals surface area contributed by atoms with Crippen molar-refractivity contribution in [1.29, 1.82) is 0 Å². The zero-order valence-electron chi connectivity index (χ0n) is 11.3. The van der Waals surface area contributed by atoms with Crippen LogP contribution in [0.3, 0.4) is 0 Å². The average molecular weight is 280 g/mol. The number of rotatable bonds is 4. The van der Waals surface area contributed by atoms with E-state index in [0.717, 1.165) is 30.9 Å². The van der Waals surface area contributed by atoms with Crippen LogP contribution in [0.25, 0.3) is 0 Å². The van der Waals surface area contributed by atoms with Gasteiger partial charge in [-0.2, -0.15) is 4.37 Å². The third-order valence-corrected chi connectivity index (χ3v) is 4.89. The molecule has 0 unspecified atom stereocenters. The first-order valence-electron chi connectivity index (χ1n) is 6.90. The van der Waals surface area contributed by atoms with Crippen LogP contribution in [0.2, 0.25) is 0 Å². The van der Waals surface area contributed by atoms with Crippen molar-refractivity contribution in [1.82, 2.24) is 9.27 Å². The highest BCUT2D eigenvalue weighted by Crippen LogP contribution is 2.48. The number of nitrogens with two attached hydrogens (primary N) is 1. The fourth-order valence-electron chi connectivity index (χ4n) is 2.67. The molecule has 2 heterocycles. The van der Waals surface area contributed by atoms with Gasteiger partial charge in [0.25, 0.3) is 0 Å². The fraction of sp³-hybridized carbons (Fsp3) is 0.692. The molecule has 2 N–H and O–H groups in total. The van der Waals surface area contributed by atoms with Crippen LogP contribution in [-0.4, -0.2) is 41.9 Å². The molecule has 0 bridgehead atoms. The van der Waals surface area contributed by atoms with Gasteiger partial charge in [0, 0.05) is 25.7 Å². The number of hydrogen-bond acceptors (Lipinski definition) is 5. The Labute approximate surface area is 117 Å². The van der Waals surface area contributed by atoms with Gasteiger partial charge >= 0.3 is 0 Å². The SMILES string of the molecule is CN(CC(=O)N1CCCC1)c1snc(N)c1C1CC1. The minimum absolute atomic E-state index is 0.216. The molecule has 1 aromatic rings. The lowest BCUT2D eigenvalue weighted by Gasteiger charge is -2.22. The standard InChI is InChI=1S/C13H20N4OS/c1-16(8-10(18)17-6-2-3-7-17)13-11(9-4-5-9)12(14)15-19-13/h9H,2-8H2,1H3,(H2,14,15). The van der Waals surface area contributed by atoms with Crippen LogP contribution in [0.4, 0.5) is 10.8 Å². The molecule has 1 amide bonds. The Hall–Kier alpha value is -1.30. The zero-order chi connectivity index (χ0) is 13.4. The van der Waals surface area contributed by atoms with Crippen LogP contribution in [0.5, 0.6) is 0 Å². The number of nitrogen functional groups attached to an aromatic ring is 1. The Balaban J connectivity index is 1.69. The molecule has 1 aromatic heterocycles. The molecule has 1 saturated heterocycles. The molecule has 0 spiro atoms. The van der Waals surface area contributed by atoms with Gasteiger partial charge in [-0.05, 0) is 43.1 Å². The lowest BCUT2D eigenvalue weighted by molar-refractivity contribution is -0.128. The highest BCUT2D eigenvalue weighted by atomic mass is 32.1. The summed E-state index contributed by atoms with van der Waals surface area (Å²) in [6.45, 7) is 2.25. The van der Waals surface area contributed by atoms with Crippen molar-refractivity contribution in [3.63, 3.8) is 0 Å². The second-order valence-electron chi connectivity index (χ2n) is 5.50. The van der Waals surface area contributed by atoms with Crippen LogP contribution in [-0.2, 0) is 4.79 Å². The molecule has 0 aromatic carbocycles. The van der Waals surface area contributed by atoms with Crippen molar-refractivity contribution in [2.24, 2.45) is 0 Å². The number of amides is 1. The van der Waals surface area contributed by atoms with Gasteiger partial charge in [-0.1, -0.05) is 0 Å².